The Labute approximate surface area is 106 Å². The van der Waals surface area contributed by atoms with E-state index in [-0.39, 0.29) is 25.3 Å². The molecule has 0 fully saturated rings. The fourth-order valence-corrected chi connectivity index (χ4v) is 1.23. The Hall–Kier alpha value is -0.650. The lowest BCUT2D eigenvalue weighted by atomic mass is 10.1. The van der Waals surface area contributed by atoms with Crippen molar-refractivity contribution in [3.8, 4) is 0 Å². The molecule has 0 amide bonds. The lowest BCUT2D eigenvalue weighted by molar-refractivity contribution is -0.361. The molecule has 0 aliphatic rings. The molecule has 0 atom stereocenters. The summed E-state index contributed by atoms with van der Waals surface area (Å²) in [7, 11) is 0. The molecule has 0 spiro atoms. The maximum atomic E-state index is 10.0. The van der Waals surface area contributed by atoms with Gasteiger partial charge in [0.25, 0.3) is 0 Å². The molecule has 0 saturated heterocycles. The van der Waals surface area contributed by atoms with E-state index in [0.29, 0.717) is 0 Å². The van der Waals surface area contributed by atoms with E-state index in [1.807, 2.05) is 0 Å². The van der Waals surface area contributed by atoms with E-state index < -0.39 is 5.97 Å². The molecular weight excluding hydrogens is 220 g/mol. The molecular formula is C12H32N2O3. The predicted octanol–water partition coefficient (Wildman–Crippen LogP) is 2.00. The molecule has 0 aliphatic carbocycles. The molecule has 0 aliphatic heterocycles. The number of quaternary nitrogens is 2. The van der Waals surface area contributed by atoms with Gasteiger partial charge in [-0.2, -0.15) is 0 Å². The number of hydrogen-bond donors (Lipinski definition) is 2. The average Bonchev–Trinajstić information content (AvgIpc) is 2.17. The Morgan fingerprint density at radius 3 is 1.59 bits per heavy atom. The predicted molar refractivity (Wildman–Crippen MR) is 70.1 cm³/mol. The monoisotopic (exact) mass is 252 g/mol. The van der Waals surface area contributed by atoms with E-state index in [1.54, 1.807) is 6.92 Å². The summed E-state index contributed by atoms with van der Waals surface area (Å²) in [6, 6.07) is 0. The van der Waals surface area contributed by atoms with Crippen LogP contribution in [0, 0.1) is 0 Å². The second-order valence-electron chi connectivity index (χ2n) is 3.53. The van der Waals surface area contributed by atoms with Crippen molar-refractivity contribution in [2.24, 2.45) is 0 Å². The Morgan fingerprint density at radius 2 is 1.24 bits per heavy atom. The zero-order chi connectivity index (χ0) is 11.9. The average molecular weight is 252 g/mol. The van der Waals surface area contributed by atoms with Gasteiger partial charge in [0.15, 0.2) is 0 Å². The van der Waals surface area contributed by atoms with Crippen LogP contribution in [0.4, 0.5) is 0 Å². The van der Waals surface area contributed by atoms with Gasteiger partial charge in [-0.3, -0.25) is 0 Å². The van der Waals surface area contributed by atoms with Crippen LogP contribution in [-0.2, 0) is 4.79 Å². The van der Waals surface area contributed by atoms with Gasteiger partial charge >= 0.3 is 0 Å². The van der Waals surface area contributed by atoms with E-state index in [2.05, 4.69) is 6.92 Å². The molecule has 5 heteroatoms. The van der Waals surface area contributed by atoms with Crippen molar-refractivity contribution in [3.05, 3.63) is 0 Å². The van der Waals surface area contributed by atoms with Crippen molar-refractivity contribution < 1.29 is 15.0 Å². The SMILES string of the molecule is CCCCCCCCCC(=O)[O-].CC[O-].[NH4+].[NH4+]. The van der Waals surface area contributed by atoms with Gasteiger partial charge in [0.05, 0.1) is 0 Å². The standard InChI is InChI=1S/C10H20O2.C2H5O.2H3N/c1-2-3-4-5-6-7-8-9-10(11)12;1-2-3;;/h2-9H2,1H3,(H,11,12);2H2,1H3;2*1H3/q;-1;;/p+1. The molecule has 0 bridgehead atoms. The van der Waals surface area contributed by atoms with Crippen molar-refractivity contribution in [2.45, 2.75) is 65.2 Å². The third kappa shape index (κ3) is 39.2. The molecule has 0 aromatic heterocycles. The van der Waals surface area contributed by atoms with E-state index in [0.717, 1.165) is 12.8 Å². The van der Waals surface area contributed by atoms with Crippen molar-refractivity contribution >= 4 is 5.97 Å². The highest BCUT2D eigenvalue weighted by atomic mass is 16.4. The summed E-state index contributed by atoms with van der Waals surface area (Å²) < 4.78 is 0. The first-order valence-electron chi connectivity index (χ1n) is 5.96. The van der Waals surface area contributed by atoms with E-state index >= 15 is 0 Å². The van der Waals surface area contributed by atoms with Gasteiger partial charge < -0.3 is 27.3 Å². The van der Waals surface area contributed by atoms with Crippen LogP contribution in [0.1, 0.15) is 65.2 Å². The van der Waals surface area contributed by atoms with Crippen LogP contribution in [0.2, 0.25) is 0 Å². The number of carbonyl (C=O) groups excluding carboxylic acids is 1. The minimum absolute atomic E-state index is 0. The number of rotatable bonds is 8. The summed E-state index contributed by atoms with van der Waals surface area (Å²) in [6.07, 6.45) is 8.34. The Balaban J connectivity index is -0.000000152. The van der Waals surface area contributed by atoms with Gasteiger partial charge in [-0.25, -0.2) is 0 Å². The first-order chi connectivity index (χ1) is 7.18. The van der Waals surface area contributed by atoms with Gasteiger partial charge in [0.1, 0.15) is 0 Å². The number of hydrogen-bond acceptors (Lipinski definition) is 3. The maximum Gasteiger partial charge on any atom is 0.0414 e. The zero-order valence-electron chi connectivity index (χ0n) is 12.1. The summed E-state index contributed by atoms with van der Waals surface area (Å²) in [4.78, 5) is 10.0. The summed E-state index contributed by atoms with van der Waals surface area (Å²) >= 11 is 0. The summed E-state index contributed by atoms with van der Waals surface area (Å²) in [5.41, 5.74) is 0. The van der Waals surface area contributed by atoms with Crippen LogP contribution in [0.25, 0.3) is 0 Å². The van der Waals surface area contributed by atoms with Crippen molar-refractivity contribution in [1.29, 1.82) is 0 Å². The van der Waals surface area contributed by atoms with Gasteiger partial charge in [-0.05, 0) is 12.8 Å². The third-order valence-electron chi connectivity index (χ3n) is 1.98. The molecule has 0 aromatic rings. The smallest absolute Gasteiger partial charge is 0.0414 e. The van der Waals surface area contributed by atoms with Crippen LogP contribution in [0.5, 0.6) is 0 Å². The normalized spacial score (nSPS) is 8.18. The molecule has 0 heterocycles. The number of carboxylic acids is 1. The molecule has 0 aromatic carbocycles. The summed E-state index contributed by atoms with van der Waals surface area (Å²) in [6.45, 7) is 3.76. The molecule has 5 nitrogen and oxygen atoms in total. The van der Waals surface area contributed by atoms with Crippen molar-refractivity contribution in [1.82, 2.24) is 12.3 Å². The first-order valence-corrected chi connectivity index (χ1v) is 5.96. The van der Waals surface area contributed by atoms with Crippen LogP contribution in [0.3, 0.4) is 0 Å². The highest BCUT2D eigenvalue weighted by Crippen LogP contribution is 2.07. The molecule has 0 rings (SSSR count). The molecule has 108 valence electrons. The quantitative estimate of drug-likeness (QED) is 0.639. The molecule has 0 unspecified atom stereocenters. The zero-order valence-corrected chi connectivity index (χ0v) is 12.1. The van der Waals surface area contributed by atoms with E-state index in [1.165, 1.54) is 32.1 Å². The Morgan fingerprint density at radius 1 is 0.882 bits per heavy atom. The molecule has 8 N–H and O–H groups in total. The van der Waals surface area contributed by atoms with Crippen molar-refractivity contribution in [2.75, 3.05) is 6.61 Å². The van der Waals surface area contributed by atoms with Crippen LogP contribution in [-0.4, -0.2) is 12.6 Å². The largest absolute Gasteiger partial charge is 0.855 e. The Bertz CT molecular complexity index is 133. The van der Waals surface area contributed by atoms with Crippen LogP contribution >= 0.6 is 0 Å². The molecule has 0 radical (unpaired) electrons. The fourth-order valence-electron chi connectivity index (χ4n) is 1.23. The summed E-state index contributed by atoms with van der Waals surface area (Å²) in [5.74, 6) is -0.913. The number of carboxylic acid groups (broad SMARTS) is 1. The third-order valence-corrected chi connectivity index (χ3v) is 1.98. The first kappa shape index (κ1) is 25.3. The summed E-state index contributed by atoms with van der Waals surface area (Å²) in [5, 5.41) is 19.0. The van der Waals surface area contributed by atoms with Gasteiger partial charge in [0, 0.05) is 5.97 Å². The van der Waals surface area contributed by atoms with Crippen LogP contribution < -0.4 is 22.5 Å². The van der Waals surface area contributed by atoms with Gasteiger partial charge in [-0.15, -0.1) is 6.61 Å². The van der Waals surface area contributed by atoms with E-state index in [9.17, 15) is 9.90 Å². The topological polar surface area (TPSA) is 136 Å². The van der Waals surface area contributed by atoms with Gasteiger partial charge in [-0.1, -0.05) is 52.4 Å². The maximum absolute atomic E-state index is 10.0. The number of aliphatic carboxylic acids is 1. The number of unbranched alkanes of at least 4 members (excludes halogenated alkanes) is 6. The molecule has 0 saturated carbocycles. The number of carbonyl (C=O) groups is 1. The highest BCUT2D eigenvalue weighted by Gasteiger charge is 1.90. The van der Waals surface area contributed by atoms with Crippen LogP contribution in [0.15, 0.2) is 0 Å². The minimum atomic E-state index is -0.913. The lowest BCUT2D eigenvalue weighted by Gasteiger charge is -2.01. The molecule has 17 heavy (non-hydrogen) atoms. The highest BCUT2D eigenvalue weighted by molar-refractivity contribution is 5.63. The second kappa shape index (κ2) is 24.5. The van der Waals surface area contributed by atoms with Crippen molar-refractivity contribution in [3.63, 3.8) is 0 Å². The van der Waals surface area contributed by atoms with E-state index in [4.69, 9.17) is 5.11 Å². The second-order valence-corrected chi connectivity index (χ2v) is 3.53. The Kier molecular flexibility index (Phi) is 36.5. The van der Waals surface area contributed by atoms with Gasteiger partial charge in [0.2, 0.25) is 0 Å². The minimum Gasteiger partial charge on any atom is -0.855 e. The lowest BCUT2D eigenvalue weighted by Crippen LogP contribution is -2.21. The fraction of sp³-hybridized carbons (Fsp3) is 0.917.